The summed E-state index contributed by atoms with van der Waals surface area (Å²) < 4.78 is 8.80. The highest BCUT2D eigenvalue weighted by Gasteiger charge is 2.20. The molecule has 5 rings (SSSR count). The molecule has 0 saturated carbocycles. The third-order valence-corrected chi connectivity index (χ3v) is 6.06. The van der Waals surface area contributed by atoms with Crippen LogP contribution in [0.1, 0.15) is 6.92 Å². The normalized spacial score (nSPS) is 11.2. The van der Waals surface area contributed by atoms with Crippen LogP contribution in [0.3, 0.4) is 0 Å². The molecule has 0 aliphatic carbocycles. The van der Waals surface area contributed by atoms with Crippen LogP contribution in [-0.4, -0.2) is 38.6 Å². The number of anilines is 2. The second kappa shape index (κ2) is 12.3. The van der Waals surface area contributed by atoms with Gasteiger partial charge in [-0.25, -0.2) is 19.3 Å². The van der Waals surface area contributed by atoms with Gasteiger partial charge < -0.3 is 21.1 Å². The molecular formula is C29H28ClN7O3. The van der Waals surface area contributed by atoms with Gasteiger partial charge in [-0.1, -0.05) is 30.3 Å². The number of carbonyl (C=O) groups is 1. The van der Waals surface area contributed by atoms with Crippen LogP contribution in [-0.2, 0) is 4.79 Å². The van der Waals surface area contributed by atoms with E-state index in [2.05, 4.69) is 20.6 Å². The number of likely N-dealkylation sites (N-methyl/N-ethyl adjacent to an activating group) is 1. The van der Waals surface area contributed by atoms with Gasteiger partial charge in [0.15, 0.2) is 11.5 Å². The van der Waals surface area contributed by atoms with Crippen molar-refractivity contribution in [1.82, 2.24) is 24.4 Å². The molecule has 3 aromatic carbocycles. The summed E-state index contributed by atoms with van der Waals surface area (Å²) in [5.41, 5.74) is 8.76. The first-order chi connectivity index (χ1) is 19.0. The van der Waals surface area contributed by atoms with E-state index in [4.69, 9.17) is 10.5 Å². The Hall–Kier alpha value is -4.93. The van der Waals surface area contributed by atoms with Gasteiger partial charge in [0.05, 0.1) is 11.4 Å². The molecule has 10 nitrogen and oxygen atoms in total. The van der Waals surface area contributed by atoms with Crippen molar-refractivity contribution in [2.45, 2.75) is 6.92 Å². The van der Waals surface area contributed by atoms with E-state index >= 15 is 0 Å². The number of halogens is 1. The van der Waals surface area contributed by atoms with E-state index < -0.39 is 0 Å². The number of para-hydroxylation sites is 1. The first kappa shape index (κ1) is 28.1. The van der Waals surface area contributed by atoms with Crippen LogP contribution in [0.25, 0.3) is 22.5 Å². The first-order valence-corrected chi connectivity index (χ1v) is 12.3. The Morgan fingerprint density at radius 1 is 0.950 bits per heavy atom. The van der Waals surface area contributed by atoms with Crippen LogP contribution in [0.5, 0.6) is 11.5 Å². The first-order valence-electron chi connectivity index (χ1n) is 12.3. The summed E-state index contributed by atoms with van der Waals surface area (Å²) in [4.78, 5) is 34.9. The summed E-state index contributed by atoms with van der Waals surface area (Å²) in [7, 11) is 1.81. The molecule has 40 heavy (non-hydrogen) atoms. The van der Waals surface area contributed by atoms with E-state index in [1.807, 2.05) is 37.4 Å². The molecule has 4 N–H and O–H groups in total. The number of hydrogen-bond donors (Lipinski definition) is 3. The number of nitrogens with two attached hydrogens (primary N) is 1. The monoisotopic (exact) mass is 557 g/mol. The molecule has 0 aliphatic heterocycles. The second-order valence-electron chi connectivity index (χ2n) is 8.74. The standard InChI is InChI=1S/C29H27N7O3.ClH/c1-19(15-16-31-2)28(37)34-20-7-6-8-22(17-20)36-27-25(26(30)32-18-33-27)35(29(36)38)21-11-13-24(14-12-21)39-23-9-4-3-5-10-23;/h3-15,17-18,31H,16H2,1-2H3,(H,34,37)(H2,30,32,33);1H. The van der Waals surface area contributed by atoms with E-state index in [-0.39, 0.29) is 29.8 Å². The summed E-state index contributed by atoms with van der Waals surface area (Å²) in [5, 5.41) is 5.86. The lowest BCUT2D eigenvalue weighted by molar-refractivity contribution is -0.112. The fraction of sp³-hybridized carbons (Fsp3) is 0.103. The Labute approximate surface area is 236 Å². The Morgan fingerprint density at radius 2 is 1.68 bits per heavy atom. The molecule has 0 radical (unpaired) electrons. The van der Waals surface area contributed by atoms with Crippen LogP contribution in [0.15, 0.2) is 102 Å². The number of nitrogens with zero attached hydrogens (tertiary/aromatic N) is 4. The molecule has 0 bridgehead atoms. The Balaban J connectivity index is 0.00000370. The zero-order valence-electron chi connectivity index (χ0n) is 21.9. The molecule has 0 atom stereocenters. The van der Waals surface area contributed by atoms with Gasteiger partial charge in [-0.3, -0.25) is 9.36 Å². The average molecular weight is 558 g/mol. The number of fused-ring (bicyclic) bond motifs is 1. The molecule has 0 spiro atoms. The van der Waals surface area contributed by atoms with Crippen molar-refractivity contribution < 1.29 is 9.53 Å². The molecule has 1 amide bonds. The minimum Gasteiger partial charge on any atom is -0.457 e. The molecule has 11 heteroatoms. The summed E-state index contributed by atoms with van der Waals surface area (Å²) in [5.74, 6) is 1.25. The van der Waals surface area contributed by atoms with Gasteiger partial charge in [0, 0.05) is 17.8 Å². The zero-order valence-corrected chi connectivity index (χ0v) is 22.7. The predicted molar refractivity (Wildman–Crippen MR) is 159 cm³/mol. The maximum Gasteiger partial charge on any atom is 0.339 e. The number of imidazole rings is 1. The third kappa shape index (κ3) is 5.73. The smallest absolute Gasteiger partial charge is 0.339 e. The molecule has 2 heterocycles. The number of nitrogen functional groups attached to an aromatic ring is 1. The molecule has 0 aliphatic rings. The predicted octanol–water partition coefficient (Wildman–Crippen LogP) is 4.47. The summed E-state index contributed by atoms with van der Waals surface area (Å²) in [6, 6.07) is 23.5. The van der Waals surface area contributed by atoms with Crippen molar-refractivity contribution >= 4 is 41.0 Å². The maximum absolute atomic E-state index is 13.8. The van der Waals surface area contributed by atoms with E-state index in [0.717, 1.165) is 0 Å². The van der Waals surface area contributed by atoms with Crippen molar-refractivity contribution in [3.8, 4) is 22.9 Å². The lowest BCUT2D eigenvalue weighted by atomic mass is 10.2. The molecular weight excluding hydrogens is 530 g/mol. The number of nitrogens with one attached hydrogen (secondary N) is 2. The number of rotatable bonds is 8. The Morgan fingerprint density at radius 3 is 2.40 bits per heavy atom. The number of ether oxygens (including phenoxy) is 1. The topological polar surface area (TPSA) is 129 Å². The van der Waals surface area contributed by atoms with Gasteiger partial charge >= 0.3 is 5.69 Å². The summed E-state index contributed by atoms with van der Waals surface area (Å²) in [6.07, 6.45) is 3.11. The van der Waals surface area contributed by atoms with E-state index in [0.29, 0.717) is 51.8 Å². The molecule has 2 aromatic heterocycles. The van der Waals surface area contributed by atoms with Gasteiger partial charge in [0.1, 0.15) is 23.3 Å². The SMILES string of the molecule is CNCC=C(C)C(=O)Nc1cccc(-n2c(=O)n(-c3ccc(Oc4ccccc4)cc3)c3c(N)ncnc32)c1.Cl. The van der Waals surface area contributed by atoms with Crippen LogP contribution < -0.4 is 26.8 Å². The van der Waals surface area contributed by atoms with E-state index in [9.17, 15) is 9.59 Å². The summed E-state index contributed by atoms with van der Waals surface area (Å²) in [6.45, 7) is 2.32. The largest absolute Gasteiger partial charge is 0.457 e. The minimum atomic E-state index is -0.387. The van der Waals surface area contributed by atoms with E-state index in [1.54, 1.807) is 61.5 Å². The molecule has 204 valence electrons. The Bertz CT molecular complexity index is 1730. The van der Waals surface area contributed by atoms with Crippen molar-refractivity contribution in [3.63, 3.8) is 0 Å². The number of benzene rings is 3. The van der Waals surface area contributed by atoms with Crippen molar-refractivity contribution in [2.24, 2.45) is 0 Å². The van der Waals surface area contributed by atoms with Crippen LogP contribution in [0.2, 0.25) is 0 Å². The fourth-order valence-corrected chi connectivity index (χ4v) is 4.11. The average Bonchev–Trinajstić information content (AvgIpc) is 3.25. The highest BCUT2D eigenvalue weighted by Crippen LogP contribution is 2.26. The highest BCUT2D eigenvalue weighted by atomic mass is 35.5. The number of aromatic nitrogens is 4. The summed E-state index contributed by atoms with van der Waals surface area (Å²) >= 11 is 0. The molecule has 5 aromatic rings. The quantitative estimate of drug-likeness (QED) is 0.240. The minimum absolute atomic E-state index is 0. The van der Waals surface area contributed by atoms with Crippen LogP contribution in [0.4, 0.5) is 11.5 Å². The van der Waals surface area contributed by atoms with Gasteiger partial charge in [-0.2, -0.15) is 0 Å². The second-order valence-corrected chi connectivity index (χ2v) is 8.74. The Kier molecular flexibility index (Phi) is 8.63. The van der Waals surface area contributed by atoms with Gasteiger partial charge in [-0.05, 0) is 68.6 Å². The maximum atomic E-state index is 13.8. The highest BCUT2D eigenvalue weighted by molar-refractivity contribution is 6.03. The van der Waals surface area contributed by atoms with Crippen LogP contribution >= 0.6 is 12.4 Å². The third-order valence-electron chi connectivity index (χ3n) is 6.06. The molecule has 0 unspecified atom stereocenters. The van der Waals surface area contributed by atoms with Crippen molar-refractivity contribution in [3.05, 3.63) is 107 Å². The molecule has 0 fully saturated rings. The van der Waals surface area contributed by atoms with Gasteiger partial charge in [0.2, 0.25) is 0 Å². The van der Waals surface area contributed by atoms with Crippen LogP contribution in [0, 0.1) is 0 Å². The number of hydrogen-bond acceptors (Lipinski definition) is 7. The number of carbonyl (C=O) groups excluding carboxylic acids is 1. The van der Waals surface area contributed by atoms with E-state index in [1.165, 1.54) is 15.5 Å². The van der Waals surface area contributed by atoms with Gasteiger partial charge in [-0.15, -0.1) is 12.4 Å². The molecule has 0 saturated heterocycles. The fourth-order valence-electron chi connectivity index (χ4n) is 4.11. The van der Waals surface area contributed by atoms with Gasteiger partial charge in [0.25, 0.3) is 5.91 Å². The number of amides is 1. The zero-order chi connectivity index (χ0) is 27.4. The lowest BCUT2D eigenvalue weighted by Gasteiger charge is -2.09. The lowest BCUT2D eigenvalue weighted by Crippen LogP contribution is -2.22. The van der Waals surface area contributed by atoms with Crippen molar-refractivity contribution in [2.75, 3.05) is 24.6 Å². The van der Waals surface area contributed by atoms with Crippen molar-refractivity contribution in [1.29, 1.82) is 0 Å².